The molecule has 3 heterocycles. The van der Waals surface area contributed by atoms with E-state index in [2.05, 4.69) is 15.5 Å². The van der Waals surface area contributed by atoms with Gasteiger partial charge in [0.25, 0.3) is 5.56 Å². The number of nitrogens with zero attached hydrogens (tertiary/aromatic N) is 4. The van der Waals surface area contributed by atoms with E-state index < -0.39 is 0 Å². The molecule has 2 aromatic heterocycles. The summed E-state index contributed by atoms with van der Waals surface area (Å²) in [5.74, 6) is -0.260. The van der Waals surface area contributed by atoms with E-state index in [-0.39, 0.29) is 24.1 Å². The number of nitrogens with one attached hydrogen (secondary N) is 1. The van der Waals surface area contributed by atoms with Crippen molar-refractivity contribution in [1.82, 2.24) is 24.9 Å². The van der Waals surface area contributed by atoms with Crippen LogP contribution < -0.4 is 10.9 Å². The molecule has 3 aromatic rings. The Kier molecular flexibility index (Phi) is 4.72. The van der Waals surface area contributed by atoms with Crippen LogP contribution in [0.15, 0.2) is 41.3 Å². The molecule has 1 amide bonds. The zero-order valence-electron chi connectivity index (χ0n) is 15.1. The first-order chi connectivity index (χ1) is 13.1. The molecule has 8 nitrogen and oxygen atoms in total. The maximum atomic E-state index is 13.0. The number of carbonyl (C=O) groups excluding carboxylic acids is 1. The van der Waals surface area contributed by atoms with Gasteiger partial charge in [-0.25, -0.2) is 9.36 Å². The summed E-state index contributed by atoms with van der Waals surface area (Å²) in [7, 11) is 0. The molecule has 0 spiro atoms. The van der Waals surface area contributed by atoms with Crippen LogP contribution in [0.5, 0.6) is 0 Å². The third-order valence-corrected chi connectivity index (χ3v) is 4.71. The molecule has 8 heteroatoms. The molecule has 0 radical (unpaired) electrons. The maximum absolute atomic E-state index is 13.0. The summed E-state index contributed by atoms with van der Waals surface area (Å²) < 4.78 is 8.29. The second kappa shape index (κ2) is 7.32. The lowest BCUT2D eigenvalue weighted by atomic mass is 10.2. The summed E-state index contributed by atoms with van der Waals surface area (Å²) in [5, 5.41) is 12.1. The molecule has 0 saturated carbocycles. The van der Waals surface area contributed by atoms with Gasteiger partial charge in [0.15, 0.2) is 0 Å². The van der Waals surface area contributed by atoms with Gasteiger partial charge in [-0.05, 0) is 31.9 Å². The first kappa shape index (κ1) is 17.4. The van der Waals surface area contributed by atoms with Crippen molar-refractivity contribution in [1.29, 1.82) is 0 Å². The zero-order valence-corrected chi connectivity index (χ0v) is 15.1. The lowest BCUT2D eigenvalue weighted by molar-refractivity contribution is -0.122. The van der Waals surface area contributed by atoms with Crippen molar-refractivity contribution in [2.24, 2.45) is 0 Å². The highest BCUT2D eigenvalue weighted by Crippen LogP contribution is 2.16. The Bertz CT molecular complexity index is 1020. The van der Waals surface area contributed by atoms with Crippen molar-refractivity contribution in [3.05, 3.63) is 52.6 Å². The molecule has 140 valence electrons. The minimum Gasteiger partial charge on any atom is -0.376 e. The average Bonchev–Trinajstić information content (AvgIpc) is 3.35. The minimum absolute atomic E-state index is 0.0577. The van der Waals surface area contributed by atoms with Crippen LogP contribution in [0.3, 0.4) is 0 Å². The number of carbonyl (C=O) groups is 1. The van der Waals surface area contributed by atoms with Gasteiger partial charge >= 0.3 is 0 Å². The number of rotatable bonds is 5. The highest BCUT2D eigenvalue weighted by atomic mass is 16.5. The van der Waals surface area contributed by atoms with E-state index in [0.717, 1.165) is 25.1 Å². The number of aromatic nitrogens is 4. The van der Waals surface area contributed by atoms with Crippen molar-refractivity contribution < 1.29 is 9.53 Å². The van der Waals surface area contributed by atoms with Gasteiger partial charge in [0, 0.05) is 18.5 Å². The number of para-hydroxylation sites is 1. The molecule has 1 fully saturated rings. The third-order valence-electron chi connectivity index (χ3n) is 4.71. The van der Waals surface area contributed by atoms with Crippen LogP contribution in [0, 0.1) is 6.92 Å². The van der Waals surface area contributed by atoms with E-state index in [1.54, 1.807) is 17.8 Å². The topological polar surface area (TPSA) is 91.0 Å². The fraction of sp³-hybridized carbons (Fsp3) is 0.368. The summed E-state index contributed by atoms with van der Waals surface area (Å²) in [6.45, 7) is 2.86. The molecule has 1 saturated heterocycles. The zero-order chi connectivity index (χ0) is 18.8. The standard InChI is InChI=1S/C19H21N5O3/c1-13-16-11-21-24(14-6-3-2-4-7-14)18(16)19(26)23(22-13)12-17(25)20-10-15-8-5-9-27-15/h2-4,6-7,11,15H,5,8-10,12H2,1H3,(H,20,25)/t15-/m1/s1. The lowest BCUT2D eigenvalue weighted by Crippen LogP contribution is -2.37. The van der Waals surface area contributed by atoms with Gasteiger partial charge in [-0.3, -0.25) is 9.59 Å². The van der Waals surface area contributed by atoms with Crippen LogP contribution in [0.2, 0.25) is 0 Å². The van der Waals surface area contributed by atoms with Gasteiger partial charge in [0.1, 0.15) is 12.1 Å². The lowest BCUT2D eigenvalue weighted by Gasteiger charge is -2.12. The van der Waals surface area contributed by atoms with Crippen LogP contribution in [-0.4, -0.2) is 44.7 Å². The van der Waals surface area contributed by atoms with Gasteiger partial charge in [0.05, 0.1) is 23.7 Å². The number of ether oxygens (including phenoxy) is 1. The predicted molar refractivity (Wildman–Crippen MR) is 99.8 cm³/mol. The fourth-order valence-corrected chi connectivity index (χ4v) is 3.32. The van der Waals surface area contributed by atoms with E-state index in [1.807, 2.05) is 30.3 Å². The molecule has 1 aliphatic heterocycles. The normalized spacial score (nSPS) is 16.7. The van der Waals surface area contributed by atoms with E-state index in [4.69, 9.17) is 4.74 Å². The molecule has 4 rings (SSSR count). The Hall–Kier alpha value is -3.00. The number of aryl methyl sites for hydroxylation is 1. The molecule has 1 aromatic carbocycles. The van der Waals surface area contributed by atoms with Crippen LogP contribution in [-0.2, 0) is 16.1 Å². The van der Waals surface area contributed by atoms with Gasteiger partial charge in [-0.15, -0.1) is 0 Å². The molecule has 1 N–H and O–H groups in total. The van der Waals surface area contributed by atoms with E-state index in [9.17, 15) is 9.59 Å². The number of amides is 1. The van der Waals surface area contributed by atoms with Gasteiger partial charge in [-0.1, -0.05) is 18.2 Å². The summed E-state index contributed by atoms with van der Waals surface area (Å²) >= 11 is 0. The average molecular weight is 367 g/mol. The van der Waals surface area contributed by atoms with Crippen LogP contribution in [0.1, 0.15) is 18.5 Å². The van der Waals surface area contributed by atoms with Crippen molar-refractivity contribution in [2.75, 3.05) is 13.2 Å². The molecular formula is C19H21N5O3. The number of hydrogen-bond donors (Lipinski definition) is 1. The largest absolute Gasteiger partial charge is 0.376 e. The third kappa shape index (κ3) is 3.48. The summed E-state index contributed by atoms with van der Waals surface area (Å²) in [6, 6.07) is 9.42. The maximum Gasteiger partial charge on any atom is 0.293 e. The van der Waals surface area contributed by atoms with Crippen LogP contribution >= 0.6 is 0 Å². The van der Waals surface area contributed by atoms with Crippen molar-refractivity contribution in [3.63, 3.8) is 0 Å². The second-order valence-corrected chi connectivity index (χ2v) is 6.64. The molecule has 1 atom stereocenters. The van der Waals surface area contributed by atoms with Crippen molar-refractivity contribution in [3.8, 4) is 5.69 Å². The smallest absolute Gasteiger partial charge is 0.293 e. The van der Waals surface area contributed by atoms with Gasteiger partial charge < -0.3 is 10.1 Å². The summed E-state index contributed by atoms with van der Waals surface area (Å²) in [6.07, 6.45) is 3.65. The molecule has 0 bridgehead atoms. The van der Waals surface area contributed by atoms with Crippen molar-refractivity contribution in [2.45, 2.75) is 32.4 Å². The van der Waals surface area contributed by atoms with E-state index in [1.165, 1.54) is 4.68 Å². The van der Waals surface area contributed by atoms with Gasteiger partial charge in [-0.2, -0.15) is 10.2 Å². The quantitative estimate of drug-likeness (QED) is 0.731. The Labute approximate surface area is 155 Å². The van der Waals surface area contributed by atoms with E-state index >= 15 is 0 Å². The minimum atomic E-state index is -0.343. The molecule has 27 heavy (non-hydrogen) atoms. The van der Waals surface area contributed by atoms with Crippen LogP contribution in [0.25, 0.3) is 16.6 Å². The summed E-state index contributed by atoms with van der Waals surface area (Å²) in [4.78, 5) is 25.2. The number of benzene rings is 1. The Morgan fingerprint density at radius 3 is 2.89 bits per heavy atom. The highest BCUT2D eigenvalue weighted by Gasteiger charge is 2.18. The summed E-state index contributed by atoms with van der Waals surface area (Å²) in [5.41, 5.74) is 1.51. The van der Waals surface area contributed by atoms with Gasteiger partial charge in [0.2, 0.25) is 5.91 Å². The number of hydrogen-bond acceptors (Lipinski definition) is 5. The second-order valence-electron chi connectivity index (χ2n) is 6.64. The van der Waals surface area contributed by atoms with Crippen LogP contribution in [0.4, 0.5) is 0 Å². The Morgan fingerprint density at radius 2 is 2.15 bits per heavy atom. The Morgan fingerprint density at radius 1 is 1.33 bits per heavy atom. The predicted octanol–water partition coefficient (Wildman–Crippen LogP) is 1.19. The van der Waals surface area contributed by atoms with E-state index in [0.29, 0.717) is 23.1 Å². The molecule has 0 unspecified atom stereocenters. The highest BCUT2D eigenvalue weighted by molar-refractivity contribution is 5.82. The fourth-order valence-electron chi connectivity index (χ4n) is 3.32. The molecular weight excluding hydrogens is 346 g/mol. The molecule has 0 aliphatic carbocycles. The number of fused-ring (bicyclic) bond motifs is 1. The van der Waals surface area contributed by atoms with Crippen molar-refractivity contribution >= 4 is 16.8 Å². The first-order valence-electron chi connectivity index (χ1n) is 9.02. The SMILES string of the molecule is Cc1nn(CC(=O)NC[C@H]2CCCO2)c(=O)c2c1cnn2-c1ccccc1. The molecule has 1 aliphatic rings. The Balaban J connectivity index is 1.62. The first-order valence-corrected chi connectivity index (χ1v) is 9.02. The monoisotopic (exact) mass is 367 g/mol.